The van der Waals surface area contributed by atoms with Crippen LogP contribution >= 0.6 is 11.6 Å². The van der Waals surface area contributed by atoms with E-state index in [1.54, 1.807) is 0 Å². The Balaban J connectivity index is 2.07. The van der Waals surface area contributed by atoms with Gasteiger partial charge in [0.05, 0.1) is 0 Å². The topological polar surface area (TPSA) is 3.24 Å². The Kier molecular flexibility index (Phi) is 4.24. The molecule has 1 aliphatic rings. The highest BCUT2D eigenvalue weighted by Gasteiger charge is 2.15. The molecule has 0 unspecified atom stereocenters. The molecule has 1 saturated heterocycles. The molecule has 11 heavy (non-hydrogen) atoms. The number of unbranched alkanes of at least 4 members (excludes halogenated alkanes) is 1. The standard InChI is InChI=1S/C9H18ClN/c1-2-3-6-11-7-4-9(10)5-8-11/h9H,2-8H2,1H3. The van der Waals surface area contributed by atoms with Gasteiger partial charge in [0.25, 0.3) is 0 Å². The maximum Gasteiger partial charge on any atom is 0.0360 e. The predicted molar refractivity (Wildman–Crippen MR) is 50.2 cm³/mol. The average Bonchev–Trinajstić information content (AvgIpc) is 2.04. The highest BCUT2D eigenvalue weighted by molar-refractivity contribution is 6.20. The molecular formula is C9H18ClN. The minimum atomic E-state index is 0.452. The molecule has 1 fully saturated rings. The van der Waals surface area contributed by atoms with Gasteiger partial charge in [0.2, 0.25) is 0 Å². The van der Waals surface area contributed by atoms with E-state index in [1.807, 2.05) is 0 Å². The fourth-order valence-corrected chi connectivity index (χ4v) is 1.70. The van der Waals surface area contributed by atoms with E-state index in [0.29, 0.717) is 5.38 Å². The zero-order valence-electron chi connectivity index (χ0n) is 7.35. The minimum Gasteiger partial charge on any atom is -0.303 e. The summed E-state index contributed by atoms with van der Waals surface area (Å²) >= 11 is 5.99. The van der Waals surface area contributed by atoms with E-state index in [-0.39, 0.29) is 0 Å². The summed E-state index contributed by atoms with van der Waals surface area (Å²) in [6.45, 7) is 5.96. The van der Waals surface area contributed by atoms with Gasteiger partial charge in [-0.05, 0) is 38.9 Å². The first-order valence-corrected chi connectivity index (χ1v) is 5.13. The second kappa shape index (κ2) is 5.00. The first-order chi connectivity index (χ1) is 5.33. The summed E-state index contributed by atoms with van der Waals surface area (Å²) in [5.41, 5.74) is 0. The molecule has 0 N–H and O–H groups in total. The molecule has 0 aromatic heterocycles. The third kappa shape index (κ3) is 3.44. The minimum absolute atomic E-state index is 0.452. The zero-order valence-corrected chi connectivity index (χ0v) is 8.11. The largest absolute Gasteiger partial charge is 0.303 e. The third-order valence-electron chi connectivity index (χ3n) is 2.35. The first-order valence-electron chi connectivity index (χ1n) is 4.69. The van der Waals surface area contributed by atoms with Crippen LogP contribution in [0.5, 0.6) is 0 Å². The summed E-state index contributed by atoms with van der Waals surface area (Å²) in [4.78, 5) is 2.53. The fraction of sp³-hybridized carbons (Fsp3) is 1.00. The lowest BCUT2D eigenvalue weighted by atomic mass is 10.1. The van der Waals surface area contributed by atoms with Crippen molar-refractivity contribution in [3.63, 3.8) is 0 Å². The molecule has 1 aliphatic heterocycles. The summed E-state index contributed by atoms with van der Waals surface area (Å²) in [7, 11) is 0. The Bertz CT molecular complexity index is 95.0. The lowest BCUT2D eigenvalue weighted by molar-refractivity contribution is 0.228. The van der Waals surface area contributed by atoms with Crippen molar-refractivity contribution in [1.29, 1.82) is 0 Å². The Morgan fingerprint density at radius 1 is 1.36 bits per heavy atom. The van der Waals surface area contributed by atoms with E-state index in [9.17, 15) is 0 Å². The van der Waals surface area contributed by atoms with Gasteiger partial charge in [-0.3, -0.25) is 0 Å². The second-order valence-corrected chi connectivity index (χ2v) is 3.99. The summed E-state index contributed by atoms with van der Waals surface area (Å²) in [6.07, 6.45) is 5.02. The average molecular weight is 176 g/mol. The van der Waals surface area contributed by atoms with Crippen molar-refractivity contribution >= 4 is 11.6 Å². The van der Waals surface area contributed by atoms with Crippen LogP contribution in [0.4, 0.5) is 0 Å². The van der Waals surface area contributed by atoms with Crippen LogP contribution in [0.3, 0.4) is 0 Å². The lowest BCUT2D eigenvalue weighted by Crippen LogP contribution is -2.34. The van der Waals surface area contributed by atoms with Gasteiger partial charge in [0.15, 0.2) is 0 Å². The molecule has 66 valence electrons. The normalized spacial score (nSPS) is 22.4. The van der Waals surface area contributed by atoms with E-state index in [1.165, 1.54) is 45.3 Å². The smallest absolute Gasteiger partial charge is 0.0360 e. The Morgan fingerprint density at radius 2 is 2.00 bits per heavy atom. The maximum atomic E-state index is 5.99. The van der Waals surface area contributed by atoms with Crippen LogP contribution in [0.1, 0.15) is 32.6 Å². The van der Waals surface area contributed by atoms with Crippen molar-refractivity contribution in [1.82, 2.24) is 4.90 Å². The Labute approximate surface area is 74.7 Å². The number of rotatable bonds is 3. The van der Waals surface area contributed by atoms with Crippen LogP contribution in [0.25, 0.3) is 0 Å². The van der Waals surface area contributed by atoms with Gasteiger partial charge in [-0.2, -0.15) is 0 Å². The van der Waals surface area contributed by atoms with E-state index in [4.69, 9.17) is 11.6 Å². The molecule has 1 heterocycles. The van der Waals surface area contributed by atoms with Gasteiger partial charge in [0.1, 0.15) is 0 Å². The molecule has 0 amide bonds. The van der Waals surface area contributed by atoms with Gasteiger partial charge >= 0.3 is 0 Å². The highest BCUT2D eigenvalue weighted by atomic mass is 35.5. The van der Waals surface area contributed by atoms with Crippen LogP contribution in [0.15, 0.2) is 0 Å². The van der Waals surface area contributed by atoms with E-state index >= 15 is 0 Å². The second-order valence-electron chi connectivity index (χ2n) is 3.37. The van der Waals surface area contributed by atoms with E-state index < -0.39 is 0 Å². The number of alkyl halides is 1. The van der Waals surface area contributed by atoms with Crippen molar-refractivity contribution in [3.05, 3.63) is 0 Å². The maximum absolute atomic E-state index is 5.99. The molecule has 1 rings (SSSR count). The van der Waals surface area contributed by atoms with Crippen molar-refractivity contribution in [2.24, 2.45) is 0 Å². The molecule has 0 aromatic rings. The molecule has 2 heteroatoms. The molecule has 0 radical (unpaired) electrons. The van der Waals surface area contributed by atoms with Crippen LogP contribution < -0.4 is 0 Å². The van der Waals surface area contributed by atoms with Gasteiger partial charge in [-0.1, -0.05) is 13.3 Å². The molecule has 0 saturated carbocycles. The monoisotopic (exact) mass is 175 g/mol. The Morgan fingerprint density at radius 3 is 2.55 bits per heavy atom. The lowest BCUT2D eigenvalue weighted by Gasteiger charge is -2.28. The van der Waals surface area contributed by atoms with Crippen molar-refractivity contribution < 1.29 is 0 Å². The van der Waals surface area contributed by atoms with E-state index in [0.717, 1.165) is 0 Å². The van der Waals surface area contributed by atoms with Gasteiger partial charge in [-0.15, -0.1) is 11.6 Å². The van der Waals surface area contributed by atoms with Gasteiger partial charge < -0.3 is 4.90 Å². The molecular weight excluding hydrogens is 158 g/mol. The van der Waals surface area contributed by atoms with Crippen LogP contribution in [-0.4, -0.2) is 29.9 Å². The molecule has 0 spiro atoms. The number of nitrogens with zero attached hydrogens (tertiary/aromatic N) is 1. The third-order valence-corrected chi connectivity index (χ3v) is 2.78. The number of piperidine rings is 1. The zero-order chi connectivity index (χ0) is 8.10. The van der Waals surface area contributed by atoms with Crippen molar-refractivity contribution in [2.45, 2.75) is 38.0 Å². The molecule has 0 aliphatic carbocycles. The van der Waals surface area contributed by atoms with Crippen LogP contribution in [0, 0.1) is 0 Å². The molecule has 0 atom stereocenters. The number of hydrogen-bond donors (Lipinski definition) is 0. The van der Waals surface area contributed by atoms with Crippen LogP contribution in [-0.2, 0) is 0 Å². The summed E-state index contributed by atoms with van der Waals surface area (Å²) in [5, 5.41) is 0.452. The summed E-state index contributed by atoms with van der Waals surface area (Å²) < 4.78 is 0. The quantitative estimate of drug-likeness (QED) is 0.596. The molecule has 0 bridgehead atoms. The van der Waals surface area contributed by atoms with Crippen molar-refractivity contribution in [2.75, 3.05) is 19.6 Å². The van der Waals surface area contributed by atoms with Gasteiger partial charge in [0, 0.05) is 5.38 Å². The number of likely N-dealkylation sites (tertiary alicyclic amines) is 1. The number of hydrogen-bond acceptors (Lipinski definition) is 1. The summed E-state index contributed by atoms with van der Waals surface area (Å²) in [6, 6.07) is 0. The number of halogens is 1. The fourth-order valence-electron chi connectivity index (χ4n) is 1.51. The Hall–Kier alpha value is 0.250. The molecule has 0 aromatic carbocycles. The predicted octanol–water partition coefficient (Wildman–Crippen LogP) is 2.49. The molecule has 1 nitrogen and oxygen atoms in total. The van der Waals surface area contributed by atoms with E-state index in [2.05, 4.69) is 11.8 Å². The first kappa shape index (κ1) is 9.34. The summed E-state index contributed by atoms with van der Waals surface area (Å²) in [5.74, 6) is 0. The van der Waals surface area contributed by atoms with Crippen molar-refractivity contribution in [3.8, 4) is 0 Å². The van der Waals surface area contributed by atoms with Crippen LogP contribution in [0.2, 0.25) is 0 Å². The van der Waals surface area contributed by atoms with Gasteiger partial charge in [-0.25, -0.2) is 0 Å². The SMILES string of the molecule is CCCCN1CCC(Cl)CC1. The highest BCUT2D eigenvalue weighted by Crippen LogP contribution is 2.15.